The highest BCUT2D eigenvalue weighted by Crippen LogP contribution is 2.09. The lowest BCUT2D eigenvalue weighted by Crippen LogP contribution is -1.80. The second-order valence-corrected chi connectivity index (χ2v) is 5.88. The van der Waals surface area contributed by atoms with Gasteiger partial charge < -0.3 is 0 Å². The third-order valence-electron chi connectivity index (χ3n) is 3.59. The second kappa shape index (κ2) is 29.0. The molecule has 150 valence electrons. The van der Waals surface area contributed by atoms with Gasteiger partial charge in [-0.3, -0.25) is 9.97 Å². The van der Waals surface area contributed by atoms with Crippen LogP contribution in [0.15, 0.2) is 61.2 Å². The van der Waals surface area contributed by atoms with Gasteiger partial charge in [-0.25, -0.2) is 0 Å². The van der Waals surface area contributed by atoms with E-state index in [9.17, 15) is 0 Å². The van der Waals surface area contributed by atoms with Crippen LogP contribution in [-0.2, 0) is 0 Å². The fourth-order valence-electron chi connectivity index (χ4n) is 2.19. The Labute approximate surface area is 182 Å². The smallest absolute Gasteiger partial charge is 0.0267 e. The first kappa shape index (κ1) is 30.0. The Hall–Kier alpha value is -0.740. The van der Waals surface area contributed by atoms with Crippen molar-refractivity contribution in [3.63, 3.8) is 0 Å². The molecule has 0 atom stereocenters. The molecule has 0 aliphatic rings. The minimum Gasteiger partial charge on any atom is -0.265 e. The highest BCUT2D eigenvalue weighted by Gasteiger charge is 1.90. The first-order valence-corrected chi connectivity index (χ1v) is 9.61. The molecule has 0 N–H and O–H groups in total. The van der Waals surface area contributed by atoms with Gasteiger partial charge in [0.1, 0.15) is 0 Å². The number of rotatable bonds is 9. The van der Waals surface area contributed by atoms with Crippen LogP contribution in [-0.4, -0.2) is 9.97 Å². The fourth-order valence-corrected chi connectivity index (χ4v) is 2.19. The summed E-state index contributed by atoms with van der Waals surface area (Å²) >= 11 is 0. The predicted octanol–water partition coefficient (Wildman–Crippen LogP) is 8.25. The van der Waals surface area contributed by atoms with Crippen molar-refractivity contribution in [3.8, 4) is 0 Å². The molecule has 0 unspecified atom stereocenters. The van der Waals surface area contributed by atoms with Crippen molar-refractivity contribution in [1.29, 1.82) is 0 Å². The minimum atomic E-state index is 0. The molecular formula is C22H38Br2N2. The van der Waals surface area contributed by atoms with Crippen LogP contribution in [0.2, 0.25) is 0 Å². The summed E-state index contributed by atoms with van der Waals surface area (Å²) < 4.78 is 0. The summed E-state index contributed by atoms with van der Waals surface area (Å²) in [6.07, 6.45) is 21.4. The van der Waals surface area contributed by atoms with Crippen LogP contribution in [0.1, 0.15) is 78.1 Å². The highest BCUT2D eigenvalue weighted by molar-refractivity contribution is 8.93. The Kier molecular flexibility index (Phi) is 33.5. The maximum atomic E-state index is 3.78. The molecule has 0 aliphatic heterocycles. The molecule has 0 aromatic carbocycles. The lowest BCUT2D eigenvalue weighted by Gasteiger charge is -1.99. The Balaban J connectivity index is -0.000000319. The molecule has 2 nitrogen and oxygen atoms in total. The Bertz CT molecular complexity index is 318. The fraction of sp³-hybridized carbons (Fsp3) is 0.545. The van der Waals surface area contributed by atoms with Crippen molar-refractivity contribution in [2.75, 3.05) is 0 Å². The molecule has 0 amide bonds. The third kappa shape index (κ3) is 28.1. The monoisotopic (exact) mass is 488 g/mol. The van der Waals surface area contributed by atoms with Crippen molar-refractivity contribution in [2.45, 2.75) is 78.1 Å². The van der Waals surface area contributed by atoms with Gasteiger partial charge in [0, 0.05) is 24.8 Å². The van der Waals surface area contributed by atoms with Crippen molar-refractivity contribution >= 4 is 34.0 Å². The number of hydrogen-bond donors (Lipinski definition) is 0. The molecule has 4 heteroatoms. The van der Waals surface area contributed by atoms with E-state index in [2.05, 4.69) is 23.8 Å². The topological polar surface area (TPSA) is 25.8 Å². The SMILES string of the molecule is Br.Br.CCCCCCCCCCCC.c1ccncc1.c1ccncc1. The average Bonchev–Trinajstić information content (AvgIpc) is 2.68. The number of pyridine rings is 2. The number of aromatic nitrogens is 2. The van der Waals surface area contributed by atoms with Crippen LogP contribution < -0.4 is 0 Å². The van der Waals surface area contributed by atoms with Crippen LogP contribution in [0.4, 0.5) is 0 Å². The zero-order chi connectivity index (χ0) is 17.6. The first-order chi connectivity index (χ1) is 11.9. The van der Waals surface area contributed by atoms with Crippen molar-refractivity contribution < 1.29 is 0 Å². The molecule has 0 fully saturated rings. The average molecular weight is 490 g/mol. The molecule has 0 radical (unpaired) electrons. The summed E-state index contributed by atoms with van der Waals surface area (Å²) in [5, 5.41) is 0. The van der Waals surface area contributed by atoms with Crippen LogP contribution in [0, 0.1) is 0 Å². The Morgan fingerprint density at radius 1 is 0.423 bits per heavy atom. The van der Waals surface area contributed by atoms with Gasteiger partial charge in [0.05, 0.1) is 0 Å². The van der Waals surface area contributed by atoms with Gasteiger partial charge in [-0.15, -0.1) is 34.0 Å². The normalized spacial score (nSPS) is 8.54. The second-order valence-electron chi connectivity index (χ2n) is 5.88. The lowest BCUT2D eigenvalue weighted by atomic mass is 10.1. The van der Waals surface area contributed by atoms with Crippen molar-refractivity contribution in [1.82, 2.24) is 9.97 Å². The van der Waals surface area contributed by atoms with E-state index < -0.39 is 0 Å². The molecular weight excluding hydrogens is 452 g/mol. The number of hydrogen-bond acceptors (Lipinski definition) is 2. The minimum absolute atomic E-state index is 0. The summed E-state index contributed by atoms with van der Waals surface area (Å²) in [6.45, 7) is 4.56. The van der Waals surface area contributed by atoms with Gasteiger partial charge in [0.15, 0.2) is 0 Å². The highest BCUT2D eigenvalue weighted by atomic mass is 79.9. The summed E-state index contributed by atoms with van der Waals surface area (Å²) in [5.74, 6) is 0. The first-order valence-electron chi connectivity index (χ1n) is 9.61. The summed E-state index contributed by atoms with van der Waals surface area (Å²) in [7, 11) is 0. The zero-order valence-corrected chi connectivity index (χ0v) is 20.0. The van der Waals surface area contributed by atoms with E-state index >= 15 is 0 Å². The van der Waals surface area contributed by atoms with Gasteiger partial charge in [-0.05, 0) is 24.3 Å². The van der Waals surface area contributed by atoms with E-state index in [-0.39, 0.29) is 34.0 Å². The number of nitrogens with zero attached hydrogens (tertiary/aromatic N) is 2. The largest absolute Gasteiger partial charge is 0.265 e. The summed E-state index contributed by atoms with van der Waals surface area (Å²) in [4.78, 5) is 7.57. The van der Waals surface area contributed by atoms with Crippen molar-refractivity contribution in [2.24, 2.45) is 0 Å². The van der Waals surface area contributed by atoms with Gasteiger partial charge >= 0.3 is 0 Å². The van der Waals surface area contributed by atoms with Crippen molar-refractivity contribution in [3.05, 3.63) is 61.2 Å². The molecule has 0 spiro atoms. The number of unbranched alkanes of at least 4 members (excludes halogenated alkanes) is 9. The quantitative estimate of drug-likeness (QED) is 0.331. The molecule has 2 heterocycles. The van der Waals surface area contributed by atoms with E-state index in [4.69, 9.17) is 0 Å². The predicted molar refractivity (Wildman–Crippen MR) is 127 cm³/mol. The molecule has 0 saturated carbocycles. The molecule has 0 saturated heterocycles. The van der Waals surface area contributed by atoms with Crippen LogP contribution in [0.3, 0.4) is 0 Å². The summed E-state index contributed by atoms with van der Waals surface area (Å²) in [6, 6.07) is 11.4. The van der Waals surface area contributed by atoms with Crippen LogP contribution in [0.25, 0.3) is 0 Å². The van der Waals surface area contributed by atoms with Gasteiger partial charge in [-0.2, -0.15) is 0 Å². The maximum Gasteiger partial charge on any atom is 0.0267 e. The molecule has 2 aromatic rings. The van der Waals surface area contributed by atoms with Gasteiger partial charge in [0.25, 0.3) is 0 Å². The maximum absolute atomic E-state index is 3.78. The van der Waals surface area contributed by atoms with E-state index in [1.54, 1.807) is 24.8 Å². The zero-order valence-electron chi connectivity index (χ0n) is 16.6. The van der Waals surface area contributed by atoms with E-state index in [0.29, 0.717) is 0 Å². The molecule has 26 heavy (non-hydrogen) atoms. The van der Waals surface area contributed by atoms with Gasteiger partial charge in [-0.1, -0.05) is 90.2 Å². The molecule has 0 bridgehead atoms. The summed E-state index contributed by atoms with van der Waals surface area (Å²) in [5.41, 5.74) is 0. The van der Waals surface area contributed by atoms with E-state index in [1.165, 1.54) is 64.2 Å². The van der Waals surface area contributed by atoms with E-state index in [1.807, 2.05) is 36.4 Å². The molecule has 2 rings (SSSR count). The Morgan fingerprint density at radius 3 is 0.846 bits per heavy atom. The molecule has 0 aliphatic carbocycles. The lowest BCUT2D eigenvalue weighted by molar-refractivity contribution is 0.562. The standard InChI is InChI=1S/C12H26.2C5H5N.2BrH/c1-3-5-7-9-11-12-10-8-6-4-2;2*1-2-4-6-5-3-1;;/h3-12H2,1-2H3;2*1-5H;2*1H. The third-order valence-corrected chi connectivity index (χ3v) is 3.59. The van der Waals surface area contributed by atoms with Crippen LogP contribution in [0.5, 0.6) is 0 Å². The van der Waals surface area contributed by atoms with Gasteiger partial charge in [0.2, 0.25) is 0 Å². The van der Waals surface area contributed by atoms with E-state index in [0.717, 1.165) is 0 Å². The molecule has 2 aromatic heterocycles. The Morgan fingerprint density at radius 2 is 0.692 bits per heavy atom. The number of halogens is 2. The van der Waals surface area contributed by atoms with Crippen LogP contribution >= 0.6 is 34.0 Å².